The summed E-state index contributed by atoms with van der Waals surface area (Å²) in [4.78, 5) is 17.1. The lowest BCUT2D eigenvalue weighted by Gasteiger charge is -2.08. The number of rotatable bonds is 7. The van der Waals surface area contributed by atoms with Crippen molar-refractivity contribution in [2.45, 2.75) is 25.4 Å². The third kappa shape index (κ3) is 3.93. The van der Waals surface area contributed by atoms with Crippen LogP contribution in [-0.2, 0) is 6.61 Å². The van der Waals surface area contributed by atoms with Gasteiger partial charge in [0.15, 0.2) is 11.6 Å². The summed E-state index contributed by atoms with van der Waals surface area (Å²) < 4.78 is 38.7. The Bertz CT molecular complexity index is 1060. The molecule has 0 bridgehead atoms. The van der Waals surface area contributed by atoms with E-state index in [1.54, 1.807) is 7.11 Å². The second kappa shape index (κ2) is 7.79. The lowest BCUT2D eigenvalue weighted by molar-refractivity contribution is 0.0991. The van der Waals surface area contributed by atoms with E-state index in [0.717, 1.165) is 42.0 Å². The molecule has 0 saturated heterocycles. The minimum absolute atomic E-state index is 0.00129. The number of methoxy groups -OCH3 is 1. The number of hydrogen-bond acceptors (Lipinski definition) is 5. The van der Waals surface area contributed by atoms with Gasteiger partial charge in [0.25, 0.3) is 5.91 Å². The molecule has 2 aromatic carbocycles. The van der Waals surface area contributed by atoms with Crippen molar-refractivity contribution in [2.75, 3.05) is 7.11 Å². The number of amides is 1. The van der Waals surface area contributed by atoms with Crippen molar-refractivity contribution >= 4 is 17.2 Å². The number of carbonyl (C=O) groups excluding carboxylic acids is 1. The number of hydrogen-bond donors (Lipinski definition) is 1. The lowest BCUT2D eigenvalue weighted by Crippen LogP contribution is -2.16. The molecule has 0 radical (unpaired) electrons. The summed E-state index contributed by atoms with van der Waals surface area (Å²) in [5.41, 5.74) is 6.10. The molecule has 4 rings (SSSR count). The van der Waals surface area contributed by atoms with Gasteiger partial charge in [-0.2, -0.15) is 0 Å². The van der Waals surface area contributed by atoms with E-state index in [-0.39, 0.29) is 12.4 Å². The molecule has 1 fully saturated rings. The summed E-state index contributed by atoms with van der Waals surface area (Å²) >= 11 is 1.52. The molecular formula is C21H18F2N2O3S. The van der Waals surface area contributed by atoms with Crippen LogP contribution in [0.2, 0.25) is 0 Å². The van der Waals surface area contributed by atoms with Crippen molar-refractivity contribution < 1.29 is 23.0 Å². The summed E-state index contributed by atoms with van der Waals surface area (Å²) in [7, 11) is 1.61. The summed E-state index contributed by atoms with van der Waals surface area (Å²) in [5.74, 6) is -2.31. The molecule has 8 heteroatoms. The van der Waals surface area contributed by atoms with E-state index in [1.807, 2.05) is 24.3 Å². The van der Waals surface area contributed by atoms with Gasteiger partial charge in [0.1, 0.15) is 28.7 Å². The standard InChI is InChI=1S/C21H18F2N2O3S/c1-27-13-6-4-11(5-7-13)19-20(12-2-3-12)29-16(25-19)10-28-15-9-8-14(22)17(18(15)23)21(24)26/h4-9,12H,2-3,10H2,1H3,(H2,24,26). The minimum Gasteiger partial charge on any atom is -0.497 e. The Morgan fingerprint density at radius 2 is 1.93 bits per heavy atom. The molecule has 0 unspecified atom stereocenters. The number of nitrogens with two attached hydrogens (primary N) is 1. The second-order valence-electron chi connectivity index (χ2n) is 6.71. The molecule has 29 heavy (non-hydrogen) atoms. The van der Waals surface area contributed by atoms with E-state index in [1.165, 1.54) is 16.2 Å². The molecule has 1 aliphatic carbocycles. The first kappa shape index (κ1) is 19.3. The Labute approximate surface area is 170 Å². The maximum atomic E-state index is 14.4. The van der Waals surface area contributed by atoms with Crippen molar-refractivity contribution in [3.63, 3.8) is 0 Å². The zero-order valence-electron chi connectivity index (χ0n) is 15.6. The van der Waals surface area contributed by atoms with Crippen LogP contribution in [0.1, 0.15) is 39.0 Å². The SMILES string of the molecule is COc1ccc(-c2nc(COc3ccc(F)c(C(N)=O)c3F)sc2C2CC2)cc1. The van der Waals surface area contributed by atoms with Crippen molar-refractivity contribution in [2.24, 2.45) is 5.73 Å². The average Bonchev–Trinajstić information content (AvgIpc) is 3.47. The number of aromatic nitrogens is 1. The molecular weight excluding hydrogens is 398 g/mol. The van der Waals surface area contributed by atoms with Crippen LogP contribution in [0.15, 0.2) is 36.4 Å². The van der Waals surface area contributed by atoms with Crippen LogP contribution in [-0.4, -0.2) is 18.0 Å². The Hall–Kier alpha value is -3.00. The van der Waals surface area contributed by atoms with Gasteiger partial charge in [-0.15, -0.1) is 11.3 Å². The fourth-order valence-electron chi connectivity index (χ4n) is 3.03. The molecule has 1 aliphatic rings. The van der Waals surface area contributed by atoms with Crippen LogP contribution in [0.25, 0.3) is 11.3 Å². The molecule has 1 saturated carbocycles. The highest BCUT2D eigenvalue weighted by Crippen LogP contribution is 2.47. The van der Waals surface area contributed by atoms with Crippen molar-refractivity contribution in [3.05, 3.63) is 63.5 Å². The molecule has 1 heterocycles. The maximum Gasteiger partial charge on any atom is 0.254 e. The number of halogens is 2. The van der Waals surface area contributed by atoms with Gasteiger partial charge < -0.3 is 15.2 Å². The number of primary amides is 1. The summed E-state index contributed by atoms with van der Waals surface area (Å²) in [6.45, 7) is 0.00129. The first-order valence-corrected chi connectivity index (χ1v) is 9.84. The highest BCUT2D eigenvalue weighted by molar-refractivity contribution is 7.12. The van der Waals surface area contributed by atoms with Crippen LogP contribution >= 0.6 is 11.3 Å². The van der Waals surface area contributed by atoms with Crippen molar-refractivity contribution in [1.82, 2.24) is 4.98 Å². The maximum absolute atomic E-state index is 14.4. The molecule has 2 N–H and O–H groups in total. The largest absolute Gasteiger partial charge is 0.497 e. The van der Waals surface area contributed by atoms with Gasteiger partial charge in [-0.3, -0.25) is 4.79 Å². The van der Waals surface area contributed by atoms with E-state index in [2.05, 4.69) is 4.98 Å². The zero-order chi connectivity index (χ0) is 20.5. The molecule has 1 amide bonds. The fraction of sp³-hybridized carbons (Fsp3) is 0.238. The lowest BCUT2D eigenvalue weighted by atomic mass is 10.1. The number of thiazole rings is 1. The van der Waals surface area contributed by atoms with Crippen LogP contribution in [0.3, 0.4) is 0 Å². The Morgan fingerprint density at radius 1 is 1.21 bits per heavy atom. The van der Waals surface area contributed by atoms with E-state index >= 15 is 0 Å². The van der Waals surface area contributed by atoms with Gasteiger partial charge in [0.05, 0.1) is 12.8 Å². The summed E-state index contributed by atoms with van der Waals surface area (Å²) in [6.07, 6.45) is 2.22. The highest BCUT2D eigenvalue weighted by atomic mass is 32.1. The molecule has 150 valence electrons. The van der Waals surface area contributed by atoms with E-state index < -0.39 is 23.1 Å². The second-order valence-corrected chi connectivity index (χ2v) is 7.83. The van der Waals surface area contributed by atoms with Gasteiger partial charge in [0.2, 0.25) is 0 Å². The van der Waals surface area contributed by atoms with Gasteiger partial charge >= 0.3 is 0 Å². The third-order valence-electron chi connectivity index (χ3n) is 4.66. The highest BCUT2D eigenvalue weighted by Gasteiger charge is 2.30. The van der Waals surface area contributed by atoms with E-state index in [9.17, 15) is 13.6 Å². The number of nitrogens with zero attached hydrogens (tertiary/aromatic N) is 1. The minimum atomic E-state index is -1.18. The predicted molar refractivity (Wildman–Crippen MR) is 105 cm³/mol. The summed E-state index contributed by atoms with van der Waals surface area (Å²) in [5, 5.41) is 0.669. The monoisotopic (exact) mass is 416 g/mol. The van der Waals surface area contributed by atoms with Gasteiger partial charge in [-0.05, 0) is 55.2 Å². The van der Waals surface area contributed by atoms with Gasteiger partial charge in [-0.1, -0.05) is 0 Å². The van der Waals surface area contributed by atoms with Crippen molar-refractivity contribution in [1.29, 1.82) is 0 Å². The fourth-order valence-corrected chi connectivity index (χ4v) is 4.20. The van der Waals surface area contributed by atoms with Crippen LogP contribution in [0, 0.1) is 11.6 Å². The predicted octanol–water partition coefficient (Wildman–Crippen LogP) is 4.65. The number of ether oxygens (including phenoxy) is 2. The van der Waals surface area contributed by atoms with Gasteiger partial charge in [0, 0.05) is 10.4 Å². The molecule has 0 spiro atoms. The quantitative estimate of drug-likeness (QED) is 0.608. The zero-order valence-corrected chi connectivity index (χ0v) is 16.4. The van der Waals surface area contributed by atoms with E-state index in [4.69, 9.17) is 15.2 Å². The van der Waals surface area contributed by atoms with Crippen molar-refractivity contribution in [3.8, 4) is 22.8 Å². The van der Waals surface area contributed by atoms with Crippen LogP contribution in [0.5, 0.6) is 11.5 Å². The first-order valence-electron chi connectivity index (χ1n) is 9.02. The molecule has 5 nitrogen and oxygen atoms in total. The Morgan fingerprint density at radius 3 is 2.55 bits per heavy atom. The third-order valence-corrected chi connectivity index (χ3v) is 5.85. The summed E-state index contributed by atoms with van der Waals surface area (Å²) in [6, 6.07) is 9.74. The molecule has 0 atom stereocenters. The molecule has 3 aromatic rings. The smallest absolute Gasteiger partial charge is 0.254 e. The van der Waals surface area contributed by atoms with Crippen LogP contribution in [0.4, 0.5) is 8.78 Å². The van der Waals surface area contributed by atoms with Crippen LogP contribution < -0.4 is 15.2 Å². The van der Waals surface area contributed by atoms with E-state index in [0.29, 0.717) is 10.9 Å². The Kier molecular flexibility index (Phi) is 5.19. The first-order chi connectivity index (χ1) is 14.0. The topological polar surface area (TPSA) is 74.4 Å². The number of benzene rings is 2. The molecule has 1 aromatic heterocycles. The number of carbonyl (C=O) groups is 1. The Balaban J connectivity index is 1.59. The average molecular weight is 416 g/mol. The molecule has 0 aliphatic heterocycles. The normalized spacial score (nSPS) is 13.3. The van der Waals surface area contributed by atoms with Gasteiger partial charge in [-0.25, -0.2) is 13.8 Å².